The molecule has 0 saturated carbocycles. The summed E-state index contributed by atoms with van der Waals surface area (Å²) >= 11 is 0. The summed E-state index contributed by atoms with van der Waals surface area (Å²) in [6.45, 7) is 0.310. The fourth-order valence-corrected chi connectivity index (χ4v) is 2.53. The Morgan fingerprint density at radius 2 is 1.70 bits per heavy atom. The van der Waals surface area contributed by atoms with Gasteiger partial charge in [-0.1, -0.05) is 36.4 Å². The molecule has 0 fully saturated rings. The molecule has 0 bridgehead atoms. The van der Waals surface area contributed by atoms with Crippen LogP contribution in [0.3, 0.4) is 0 Å². The molecule has 3 rings (SSSR count). The van der Waals surface area contributed by atoms with Crippen molar-refractivity contribution < 1.29 is 9.72 Å². The van der Waals surface area contributed by atoms with Gasteiger partial charge in [-0.25, -0.2) is 0 Å². The van der Waals surface area contributed by atoms with E-state index in [1.54, 1.807) is 24.4 Å². The standard InChI is InChI=1S/C21H17N3O3/c25-21(23-15-18-8-4-5-13-22-18)20(17-6-2-1-3-7-17)14-16-9-11-19(12-10-16)24(26)27/h1-14H,15H2,(H,23,25)/b20-14+. The molecule has 6 heteroatoms. The summed E-state index contributed by atoms with van der Waals surface area (Å²) in [4.78, 5) is 27.3. The molecule has 134 valence electrons. The smallest absolute Gasteiger partial charge is 0.269 e. The Morgan fingerprint density at radius 3 is 2.33 bits per heavy atom. The number of nitro benzene ring substituents is 1. The average molecular weight is 359 g/mol. The molecule has 27 heavy (non-hydrogen) atoms. The molecular formula is C21H17N3O3. The van der Waals surface area contributed by atoms with Crippen LogP contribution in [0.1, 0.15) is 16.8 Å². The molecule has 6 nitrogen and oxygen atoms in total. The van der Waals surface area contributed by atoms with Gasteiger partial charge in [-0.3, -0.25) is 19.9 Å². The van der Waals surface area contributed by atoms with Crippen molar-refractivity contribution in [3.05, 3.63) is 106 Å². The number of amides is 1. The minimum atomic E-state index is -0.453. The number of nitrogens with one attached hydrogen (secondary N) is 1. The van der Waals surface area contributed by atoms with E-state index in [9.17, 15) is 14.9 Å². The van der Waals surface area contributed by atoms with Crippen LogP contribution in [-0.4, -0.2) is 15.8 Å². The Morgan fingerprint density at radius 1 is 1.00 bits per heavy atom. The number of hydrogen-bond donors (Lipinski definition) is 1. The van der Waals surface area contributed by atoms with Crippen molar-refractivity contribution in [2.45, 2.75) is 6.54 Å². The van der Waals surface area contributed by atoms with E-state index in [1.165, 1.54) is 12.1 Å². The Balaban J connectivity index is 1.86. The normalized spacial score (nSPS) is 11.0. The molecule has 0 unspecified atom stereocenters. The highest BCUT2D eigenvalue weighted by molar-refractivity contribution is 6.24. The van der Waals surface area contributed by atoms with Gasteiger partial charge in [-0.15, -0.1) is 0 Å². The fourth-order valence-electron chi connectivity index (χ4n) is 2.53. The predicted octanol–water partition coefficient (Wildman–Crippen LogP) is 3.85. The summed E-state index contributed by atoms with van der Waals surface area (Å²) in [6.07, 6.45) is 3.39. The zero-order valence-electron chi connectivity index (χ0n) is 14.4. The third-order valence-electron chi connectivity index (χ3n) is 3.90. The molecule has 3 aromatic rings. The molecule has 0 aliphatic heterocycles. The number of nitro groups is 1. The lowest BCUT2D eigenvalue weighted by atomic mass is 10.0. The second-order valence-corrected chi connectivity index (χ2v) is 5.78. The average Bonchev–Trinajstić information content (AvgIpc) is 2.72. The fraction of sp³-hybridized carbons (Fsp3) is 0.0476. The first-order chi connectivity index (χ1) is 13.1. The lowest BCUT2D eigenvalue weighted by Gasteiger charge is -2.09. The van der Waals surface area contributed by atoms with E-state index < -0.39 is 4.92 Å². The van der Waals surface area contributed by atoms with Crippen molar-refractivity contribution in [3.8, 4) is 0 Å². The first kappa shape index (κ1) is 18.0. The molecule has 1 N–H and O–H groups in total. The molecular weight excluding hydrogens is 342 g/mol. The number of benzene rings is 2. The van der Waals surface area contributed by atoms with Gasteiger partial charge < -0.3 is 5.32 Å². The summed E-state index contributed by atoms with van der Waals surface area (Å²) in [5, 5.41) is 13.7. The van der Waals surface area contributed by atoms with Crippen LogP contribution >= 0.6 is 0 Å². The second kappa shape index (κ2) is 8.53. The lowest BCUT2D eigenvalue weighted by molar-refractivity contribution is -0.384. The zero-order chi connectivity index (χ0) is 19.1. The summed E-state index contributed by atoms with van der Waals surface area (Å²) in [5.41, 5.74) is 2.70. The molecule has 2 aromatic carbocycles. The highest BCUT2D eigenvalue weighted by atomic mass is 16.6. The maximum atomic E-state index is 12.8. The molecule has 0 spiro atoms. The van der Waals surface area contributed by atoms with E-state index >= 15 is 0 Å². The maximum Gasteiger partial charge on any atom is 0.269 e. The Labute approximate surface area is 156 Å². The van der Waals surface area contributed by atoms with Crippen molar-refractivity contribution in [3.63, 3.8) is 0 Å². The zero-order valence-corrected chi connectivity index (χ0v) is 14.4. The number of pyridine rings is 1. The minimum Gasteiger partial charge on any atom is -0.346 e. The second-order valence-electron chi connectivity index (χ2n) is 5.78. The topological polar surface area (TPSA) is 85.1 Å². The Bertz CT molecular complexity index is 953. The molecule has 0 aliphatic rings. The quantitative estimate of drug-likeness (QED) is 0.313. The monoisotopic (exact) mass is 359 g/mol. The van der Waals surface area contributed by atoms with Gasteiger partial charge in [0.25, 0.3) is 11.6 Å². The van der Waals surface area contributed by atoms with Crippen molar-refractivity contribution in [2.75, 3.05) is 0 Å². The SMILES string of the molecule is O=C(NCc1ccccn1)/C(=C/c1ccc([N+](=O)[O-])cc1)c1ccccc1. The van der Waals surface area contributed by atoms with Gasteiger partial charge in [-0.2, -0.15) is 0 Å². The molecule has 0 saturated heterocycles. The van der Waals surface area contributed by atoms with E-state index in [2.05, 4.69) is 10.3 Å². The summed E-state index contributed by atoms with van der Waals surface area (Å²) < 4.78 is 0. The third kappa shape index (κ3) is 4.85. The molecule has 1 amide bonds. The van der Waals surface area contributed by atoms with E-state index in [-0.39, 0.29) is 11.6 Å². The molecule has 1 aromatic heterocycles. The van der Waals surface area contributed by atoms with Crippen LogP contribution in [0.25, 0.3) is 11.6 Å². The van der Waals surface area contributed by atoms with Crippen LogP contribution in [0, 0.1) is 10.1 Å². The largest absolute Gasteiger partial charge is 0.346 e. The van der Waals surface area contributed by atoms with Crippen molar-refractivity contribution in [1.82, 2.24) is 10.3 Å². The van der Waals surface area contributed by atoms with Gasteiger partial charge in [0, 0.05) is 23.9 Å². The Hall–Kier alpha value is -3.80. The molecule has 0 aliphatic carbocycles. The number of non-ortho nitro benzene ring substituents is 1. The molecule has 1 heterocycles. The van der Waals surface area contributed by atoms with Crippen LogP contribution in [0.2, 0.25) is 0 Å². The Kier molecular flexibility index (Phi) is 5.69. The van der Waals surface area contributed by atoms with E-state index in [0.717, 1.165) is 11.3 Å². The van der Waals surface area contributed by atoms with Gasteiger partial charge in [0.05, 0.1) is 17.2 Å². The van der Waals surface area contributed by atoms with Crippen molar-refractivity contribution in [2.24, 2.45) is 0 Å². The lowest BCUT2D eigenvalue weighted by Crippen LogP contribution is -2.24. The highest BCUT2D eigenvalue weighted by Crippen LogP contribution is 2.20. The van der Waals surface area contributed by atoms with Gasteiger partial charge in [0.15, 0.2) is 0 Å². The maximum absolute atomic E-state index is 12.8. The number of aromatic nitrogens is 1. The number of nitrogens with zero attached hydrogens (tertiary/aromatic N) is 2. The molecule has 0 atom stereocenters. The number of rotatable bonds is 6. The van der Waals surface area contributed by atoms with Crippen LogP contribution in [0.5, 0.6) is 0 Å². The van der Waals surface area contributed by atoms with E-state index in [0.29, 0.717) is 17.7 Å². The van der Waals surface area contributed by atoms with E-state index in [1.807, 2.05) is 48.5 Å². The van der Waals surface area contributed by atoms with Crippen LogP contribution in [-0.2, 0) is 11.3 Å². The summed E-state index contributed by atoms with van der Waals surface area (Å²) in [6, 6.07) is 20.8. The van der Waals surface area contributed by atoms with Crippen molar-refractivity contribution >= 4 is 23.2 Å². The van der Waals surface area contributed by atoms with Crippen LogP contribution in [0.15, 0.2) is 79.0 Å². The number of carbonyl (C=O) groups is 1. The first-order valence-electron chi connectivity index (χ1n) is 8.33. The van der Waals surface area contributed by atoms with Crippen LogP contribution in [0.4, 0.5) is 5.69 Å². The van der Waals surface area contributed by atoms with E-state index in [4.69, 9.17) is 0 Å². The van der Waals surface area contributed by atoms with Gasteiger partial charge in [0.2, 0.25) is 0 Å². The highest BCUT2D eigenvalue weighted by Gasteiger charge is 2.12. The van der Waals surface area contributed by atoms with Gasteiger partial charge in [-0.05, 0) is 41.5 Å². The number of carbonyl (C=O) groups excluding carboxylic acids is 1. The predicted molar refractivity (Wildman–Crippen MR) is 103 cm³/mol. The molecule has 0 radical (unpaired) electrons. The van der Waals surface area contributed by atoms with Crippen molar-refractivity contribution in [1.29, 1.82) is 0 Å². The number of hydrogen-bond acceptors (Lipinski definition) is 4. The van der Waals surface area contributed by atoms with Gasteiger partial charge in [0.1, 0.15) is 0 Å². The van der Waals surface area contributed by atoms with Crippen LogP contribution < -0.4 is 5.32 Å². The summed E-state index contributed by atoms with van der Waals surface area (Å²) in [5.74, 6) is -0.245. The minimum absolute atomic E-state index is 0.00742. The third-order valence-corrected chi connectivity index (χ3v) is 3.90. The summed E-state index contributed by atoms with van der Waals surface area (Å²) in [7, 11) is 0. The first-order valence-corrected chi connectivity index (χ1v) is 8.33. The van der Waals surface area contributed by atoms with Gasteiger partial charge >= 0.3 is 0 Å².